The minimum atomic E-state index is -1.86. The molecule has 2 aromatic rings. The third-order valence-electron chi connectivity index (χ3n) is 3.11. The maximum absolute atomic E-state index is 5.68. The second-order valence-corrected chi connectivity index (χ2v) is 24.3. The zero-order chi connectivity index (χ0) is 27.9. The van der Waals surface area contributed by atoms with Crippen molar-refractivity contribution in [2.45, 2.75) is 38.6 Å². The lowest BCUT2D eigenvalue weighted by Gasteiger charge is -2.16. The Balaban J connectivity index is 0.000000360. The van der Waals surface area contributed by atoms with Gasteiger partial charge in [0, 0.05) is 0 Å². The molecule has 0 aliphatic carbocycles. The Morgan fingerprint density at radius 3 is 1.06 bits per heavy atom. The van der Waals surface area contributed by atoms with Gasteiger partial charge >= 0.3 is 12.0 Å². The minimum Gasteiger partial charge on any atom is -0.463 e. The Morgan fingerprint density at radius 1 is 0.528 bits per heavy atom. The summed E-state index contributed by atoms with van der Waals surface area (Å²) in [5, 5.41) is 0. The largest absolute Gasteiger partial charge is 0.463 e. The molecule has 2 rings (SSSR count). The maximum Gasteiger partial charge on any atom is 0.320 e. The van der Waals surface area contributed by atoms with Crippen molar-refractivity contribution in [2.24, 2.45) is 0 Å². The molecule has 0 fully saturated rings. The van der Waals surface area contributed by atoms with E-state index in [0.717, 1.165) is 12.8 Å². The topological polar surface area (TPSA) is 95.8 Å². The van der Waals surface area contributed by atoms with E-state index >= 15 is 0 Å². The molecule has 2 aromatic heterocycles. The summed E-state index contributed by atoms with van der Waals surface area (Å²) in [6, 6.07) is 0.205. The van der Waals surface area contributed by atoms with Crippen LogP contribution in [0.2, 0.25) is 0 Å². The number of hydrogen-bond donors (Lipinski definition) is 0. The fourth-order valence-corrected chi connectivity index (χ4v) is 3.31. The number of hydrogen-bond acceptors (Lipinski definition) is 8. The van der Waals surface area contributed by atoms with Crippen molar-refractivity contribution >= 4 is 165 Å². The van der Waals surface area contributed by atoms with Crippen LogP contribution in [0, 0.1) is 0 Å². The monoisotopic (exact) mass is 1010 g/mol. The van der Waals surface area contributed by atoms with Gasteiger partial charge in [-0.3, -0.25) is 0 Å². The lowest BCUT2D eigenvalue weighted by molar-refractivity contribution is 0.288. The quantitative estimate of drug-likeness (QED) is 0.265. The van der Waals surface area contributed by atoms with Crippen LogP contribution in [0.15, 0.2) is 0 Å². The van der Waals surface area contributed by atoms with Crippen LogP contribution in [-0.4, -0.2) is 43.1 Å². The first-order valence-electron chi connectivity index (χ1n) is 9.35. The van der Waals surface area contributed by atoms with E-state index in [1.165, 1.54) is 0 Å². The Hall–Kier alpha value is 2.24. The van der Waals surface area contributed by atoms with Crippen molar-refractivity contribution in [1.29, 1.82) is 0 Å². The summed E-state index contributed by atoms with van der Waals surface area (Å²) >= 11 is 54.3. The molecule has 36 heavy (non-hydrogen) atoms. The van der Waals surface area contributed by atoms with E-state index < -0.39 is 11.9 Å². The van der Waals surface area contributed by atoms with E-state index in [9.17, 15) is 0 Å². The molecular weight excluding hydrogens is 1000 g/mol. The number of aromatic nitrogens is 6. The molecule has 20 heteroatoms. The molecule has 0 spiro atoms. The molecule has 0 radical (unpaired) electrons. The normalized spacial score (nSPS) is 12.6. The van der Waals surface area contributed by atoms with Gasteiger partial charge in [-0.2, -0.15) is 19.9 Å². The Bertz CT molecular complexity index is 860. The third-order valence-corrected chi connectivity index (χ3v) is 6.26. The van der Waals surface area contributed by atoms with Gasteiger partial charge in [0.15, 0.2) is 27.6 Å². The minimum absolute atomic E-state index is 0.0606. The van der Waals surface area contributed by atoms with Crippen LogP contribution in [0.1, 0.15) is 50.0 Å². The molecule has 0 aliphatic rings. The van der Waals surface area contributed by atoms with Crippen molar-refractivity contribution in [2.75, 3.05) is 13.2 Å². The highest BCUT2D eigenvalue weighted by atomic mass is 80.0. The van der Waals surface area contributed by atoms with Gasteiger partial charge in [-0.15, -0.1) is 0 Å². The second-order valence-electron chi connectivity index (χ2n) is 6.22. The summed E-state index contributed by atoms with van der Waals surface area (Å²) in [5.74, 6) is 0.549. The predicted molar refractivity (Wildman–Crippen MR) is 167 cm³/mol. The maximum atomic E-state index is 5.68. The summed E-state index contributed by atoms with van der Waals surface area (Å²) in [6.45, 7) is 4.84. The SMILES string of the molecule is CCCOc1nc(C(Br)(Br)Br)nc(C(Br)(Br)Br)n1.CCCOc1nc(C(Cl)(Cl)Cl)nc(C(Cl)(Cl)Cl)n1. The highest BCUT2D eigenvalue weighted by Gasteiger charge is 2.34. The van der Waals surface area contributed by atoms with Crippen LogP contribution >= 0.6 is 165 Å². The van der Waals surface area contributed by atoms with E-state index in [1.807, 2.05) is 13.8 Å². The lowest BCUT2D eigenvalue weighted by Crippen LogP contribution is -2.17. The molecule has 0 saturated heterocycles. The molecule has 0 aliphatic heterocycles. The van der Waals surface area contributed by atoms with Crippen LogP contribution in [-0.2, 0) is 11.9 Å². The molecule has 0 aromatic carbocycles. The molecule has 8 nitrogen and oxygen atoms in total. The molecule has 204 valence electrons. The average Bonchev–Trinajstić information content (AvgIpc) is 2.74. The molecular formula is C16H14Br6Cl6N6O2. The fourth-order valence-electron chi connectivity index (χ4n) is 1.74. The molecule has 0 atom stereocenters. The average molecular weight is 1010 g/mol. The van der Waals surface area contributed by atoms with Gasteiger partial charge in [-0.05, 0) is 12.8 Å². The molecule has 0 amide bonds. The van der Waals surface area contributed by atoms with Crippen LogP contribution in [0.25, 0.3) is 0 Å². The number of rotatable bonds is 6. The van der Waals surface area contributed by atoms with Crippen LogP contribution in [0.3, 0.4) is 0 Å². The smallest absolute Gasteiger partial charge is 0.320 e. The van der Waals surface area contributed by atoms with Crippen LogP contribution in [0.5, 0.6) is 12.0 Å². The number of halogens is 12. The van der Waals surface area contributed by atoms with E-state index in [1.54, 1.807) is 0 Å². The van der Waals surface area contributed by atoms with E-state index in [2.05, 4.69) is 125 Å². The number of alkyl halides is 12. The summed E-state index contributed by atoms with van der Waals surface area (Å²) in [7, 11) is 0. The van der Waals surface area contributed by atoms with Crippen molar-refractivity contribution < 1.29 is 9.47 Å². The number of nitrogens with zero attached hydrogens (tertiary/aromatic N) is 6. The molecule has 0 N–H and O–H groups in total. The van der Waals surface area contributed by atoms with E-state index in [0.29, 0.717) is 24.9 Å². The van der Waals surface area contributed by atoms with Crippen LogP contribution < -0.4 is 9.47 Å². The molecule has 2 heterocycles. The zero-order valence-corrected chi connectivity index (χ0v) is 31.9. The molecule has 0 bridgehead atoms. The Morgan fingerprint density at radius 2 is 0.806 bits per heavy atom. The predicted octanol–water partition coefficient (Wildman–Crippen LogP) is 9.56. The summed E-state index contributed by atoms with van der Waals surface area (Å²) < 4.78 is 5.47. The number of ether oxygens (including phenoxy) is 2. The third kappa shape index (κ3) is 13.3. The summed E-state index contributed by atoms with van der Waals surface area (Å²) in [5.41, 5.74) is 0. The highest BCUT2D eigenvalue weighted by Crippen LogP contribution is 2.46. The lowest BCUT2D eigenvalue weighted by atomic mass is 10.5. The van der Waals surface area contributed by atoms with Gasteiger partial charge in [0.2, 0.25) is 7.59 Å². The second kappa shape index (κ2) is 15.5. The zero-order valence-electron chi connectivity index (χ0n) is 17.9. The van der Waals surface area contributed by atoms with E-state index in [-0.39, 0.29) is 23.7 Å². The van der Waals surface area contributed by atoms with Gasteiger partial charge in [0.05, 0.1) is 13.2 Å². The van der Waals surface area contributed by atoms with Gasteiger partial charge in [0.1, 0.15) is 0 Å². The summed E-state index contributed by atoms with van der Waals surface area (Å²) in [6.07, 6.45) is 1.62. The van der Waals surface area contributed by atoms with E-state index in [4.69, 9.17) is 79.1 Å². The van der Waals surface area contributed by atoms with Crippen molar-refractivity contribution in [1.82, 2.24) is 29.9 Å². The summed E-state index contributed by atoms with van der Waals surface area (Å²) in [4.78, 5) is 24.2. The fraction of sp³-hybridized carbons (Fsp3) is 0.625. The van der Waals surface area contributed by atoms with Gasteiger partial charge in [0.25, 0.3) is 0 Å². The van der Waals surface area contributed by atoms with Crippen molar-refractivity contribution in [3.8, 4) is 12.0 Å². The van der Waals surface area contributed by atoms with Gasteiger partial charge in [-0.25, -0.2) is 9.97 Å². The highest BCUT2D eigenvalue weighted by molar-refractivity contribution is 9.39. The Kier molecular flexibility index (Phi) is 15.6. The first-order valence-corrected chi connectivity index (χ1v) is 16.4. The molecule has 0 unspecified atom stereocenters. The van der Waals surface area contributed by atoms with Gasteiger partial charge in [-0.1, -0.05) is 179 Å². The first kappa shape index (κ1) is 36.3. The van der Waals surface area contributed by atoms with Gasteiger partial charge < -0.3 is 9.47 Å². The van der Waals surface area contributed by atoms with Crippen molar-refractivity contribution in [3.63, 3.8) is 0 Å². The first-order chi connectivity index (χ1) is 16.3. The van der Waals surface area contributed by atoms with Crippen molar-refractivity contribution in [3.05, 3.63) is 23.3 Å². The molecule has 0 saturated carbocycles. The Labute approximate surface area is 288 Å². The standard InChI is InChI=1S/C8H7Br6N3O.C8H7Cl6N3O/c2*1-2-3-18-6-16-4(7(9,10)11)15-5(17-6)8(12,13)14/h2*2-3H2,1H3. The van der Waals surface area contributed by atoms with Crippen LogP contribution in [0.4, 0.5) is 0 Å².